The highest BCUT2D eigenvalue weighted by Gasteiger charge is 2.30. The van der Waals surface area contributed by atoms with Crippen LogP contribution >= 0.6 is 11.6 Å². The number of benzene rings is 1. The molecule has 1 aromatic heterocycles. The second kappa shape index (κ2) is 7.53. The minimum atomic E-state index is -0.462. The van der Waals surface area contributed by atoms with Gasteiger partial charge >= 0.3 is 0 Å². The second-order valence-corrected chi connectivity index (χ2v) is 6.44. The Kier molecular flexibility index (Phi) is 5.19. The molecule has 25 heavy (non-hydrogen) atoms. The van der Waals surface area contributed by atoms with Crippen LogP contribution in [0.5, 0.6) is 0 Å². The van der Waals surface area contributed by atoms with E-state index in [1.54, 1.807) is 11.0 Å². The number of hydrogen-bond donors (Lipinski definition) is 2. The first kappa shape index (κ1) is 17.2. The van der Waals surface area contributed by atoms with E-state index in [0.29, 0.717) is 24.5 Å². The first-order chi connectivity index (χ1) is 12.0. The molecule has 1 aromatic carbocycles. The van der Waals surface area contributed by atoms with Crippen molar-refractivity contribution < 1.29 is 9.59 Å². The highest BCUT2D eigenvalue weighted by Crippen LogP contribution is 2.15. The third kappa shape index (κ3) is 4.28. The summed E-state index contributed by atoms with van der Waals surface area (Å²) in [4.78, 5) is 40.1. The molecule has 0 radical (unpaired) electrons. The third-order valence-electron chi connectivity index (χ3n) is 4.17. The summed E-state index contributed by atoms with van der Waals surface area (Å²) in [5.41, 5.74) is 0.665. The molecule has 0 aliphatic carbocycles. The van der Waals surface area contributed by atoms with Gasteiger partial charge in [-0.15, -0.1) is 0 Å². The zero-order valence-corrected chi connectivity index (χ0v) is 14.3. The first-order valence-corrected chi connectivity index (χ1v) is 8.41. The molecule has 130 valence electrons. The number of H-pyrrole nitrogens is 1. The van der Waals surface area contributed by atoms with Crippen molar-refractivity contribution in [3.05, 3.63) is 69.1 Å². The van der Waals surface area contributed by atoms with Crippen LogP contribution in [0.15, 0.2) is 47.4 Å². The summed E-state index contributed by atoms with van der Waals surface area (Å²) in [5, 5.41) is 3.43. The normalized spacial score (nSPS) is 16.9. The average Bonchev–Trinajstić information content (AvgIpc) is 2.93. The summed E-state index contributed by atoms with van der Waals surface area (Å²) in [6.07, 6.45) is 2.41. The van der Waals surface area contributed by atoms with Crippen LogP contribution in [-0.4, -0.2) is 40.8 Å². The van der Waals surface area contributed by atoms with E-state index in [9.17, 15) is 14.4 Å². The third-order valence-corrected chi connectivity index (χ3v) is 4.41. The molecule has 1 saturated heterocycles. The van der Waals surface area contributed by atoms with Gasteiger partial charge in [-0.1, -0.05) is 23.7 Å². The van der Waals surface area contributed by atoms with Crippen molar-refractivity contribution in [2.45, 2.75) is 18.9 Å². The number of pyridine rings is 1. The second-order valence-electron chi connectivity index (χ2n) is 6.01. The van der Waals surface area contributed by atoms with Gasteiger partial charge in [-0.3, -0.25) is 14.4 Å². The monoisotopic (exact) mass is 359 g/mol. The molecule has 2 N–H and O–H groups in total. The molecule has 1 fully saturated rings. The number of likely N-dealkylation sites (tertiary alicyclic amines) is 1. The van der Waals surface area contributed by atoms with Crippen LogP contribution in [0, 0.1) is 0 Å². The predicted molar refractivity (Wildman–Crippen MR) is 94.7 cm³/mol. The zero-order chi connectivity index (χ0) is 17.8. The molecule has 1 aliphatic rings. The fraction of sp³-hybridized carbons (Fsp3) is 0.278. The van der Waals surface area contributed by atoms with Crippen molar-refractivity contribution in [3.8, 4) is 0 Å². The molecule has 3 rings (SSSR count). The van der Waals surface area contributed by atoms with Crippen molar-refractivity contribution in [1.82, 2.24) is 15.2 Å². The van der Waals surface area contributed by atoms with Crippen molar-refractivity contribution in [2.24, 2.45) is 0 Å². The minimum absolute atomic E-state index is 0.00528. The quantitative estimate of drug-likeness (QED) is 0.850. The molecule has 2 amide bonds. The van der Waals surface area contributed by atoms with Crippen LogP contribution in [0.3, 0.4) is 0 Å². The lowest BCUT2D eigenvalue weighted by atomic mass is 10.1. The predicted octanol–water partition coefficient (Wildman–Crippen LogP) is 1.60. The van der Waals surface area contributed by atoms with Gasteiger partial charge in [0, 0.05) is 30.7 Å². The van der Waals surface area contributed by atoms with Crippen LogP contribution in [0.25, 0.3) is 0 Å². The number of hydrogen-bond acceptors (Lipinski definition) is 3. The highest BCUT2D eigenvalue weighted by atomic mass is 35.5. The zero-order valence-electron chi connectivity index (χ0n) is 13.5. The van der Waals surface area contributed by atoms with Gasteiger partial charge in [0.25, 0.3) is 11.5 Å². The minimum Gasteiger partial charge on any atom is -0.347 e. The Morgan fingerprint density at radius 1 is 1.28 bits per heavy atom. The molecular weight excluding hydrogens is 342 g/mol. The molecule has 2 heterocycles. The highest BCUT2D eigenvalue weighted by molar-refractivity contribution is 6.30. The lowest BCUT2D eigenvalue weighted by molar-refractivity contribution is -0.127. The van der Waals surface area contributed by atoms with Crippen LogP contribution in [0.2, 0.25) is 5.02 Å². The largest absolute Gasteiger partial charge is 0.347 e. The van der Waals surface area contributed by atoms with E-state index in [1.807, 2.05) is 24.3 Å². The number of halogens is 1. The lowest BCUT2D eigenvalue weighted by Crippen LogP contribution is -2.39. The summed E-state index contributed by atoms with van der Waals surface area (Å²) in [6.45, 7) is 1.01. The Morgan fingerprint density at radius 3 is 2.88 bits per heavy atom. The number of nitrogens with zero attached hydrogens (tertiary/aromatic N) is 1. The summed E-state index contributed by atoms with van der Waals surface area (Å²) in [6, 6.07) is 10.3. The number of amides is 2. The van der Waals surface area contributed by atoms with E-state index >= 15 is 0 Å². The topological polar surface area (TPSA) is 82.3 Å². The van der Waals surface area contributed by atoms with E-state index < -0.39 is 11.5 Å². The van der Waals surface area contributed by atoms with E-state index in [0.717, 1.165) is 5.56 Å². The molecule has 7 heteroatoms. The Hall–Kier alpha value is -2.60. The molecule has 2 aromatic rings. The number of aromatic amines is 1. The smallest absolute Gasteiger partial charge is 0.260 e. The Labute approximate surface area is 149 Å². The Morgan fingerprint density at radius 2 is 2.12 bits per heavy atom. The van der Waals surface area contributed by atoms with Gasteiger partial charge in [0.15, 0.2) is 0 Å². The van der Waals surface area contributed by atoms with E-state index in [2.05, 4.69) is 10.3 Å². The molecule has 1 atom stereocenters. The van der Waals surface area contributed by atoms with Crippen LogP contribution in [0.4, 0.5) is 0 Å². The number of carbonyl (C=O) groups is 2. The van der Waals surface area contributed by atoms with Gasteiger partial charge < -0.3 is 15.2 Å². The maximum atomic E-state index is 12.2. The van der Waals surface area contributed by atoms with Crippen LogP contribution in [-0.2, 0) is 11.2 Å². The summed E-state index contributed by atoms with van der Waals surface area (Å²) in [5.74, 6) is -0.467. The molecule has 6 nitrogen and oxygen atoms in total. The van der Waals surface area contributed by atoms with Crippen molar-refractivity contribution in [1.29, 1.82) is 0 Å². The molecule has 0 spiro atoms. The van der Waals surface area contributed by atoms with Crippen molar-refractivity contribution in [2.75, 3.05) is 13.1 Å². The molecule has 1 aliphatic heterocycles. The fourth-order valence-electron chi connectivity index (χ4n) is 2.90. The number of carbonyl (C=O) groups excluding carboxylic acids is 2. The van der Waals surface area contributed by atoms with Crippen LogP contribution < -0.4 is 10.9 Å². The summed E-state index contributed by atoms with van der Waals surface area (Å²) >= 11 is 5.96. The van der Waals surface area contributed by atoms with Crippen LogP contribution in [0.1, 0.15) is 22.3 Å². The number of nitrogens with one attached hydrogen (secondary N) is 2. The van der Waals surface area contributed by atoms with Gasteiger partial charge in [0.1, 0.15) is 5.56 Å². The number of aromatic nitrogens is 1. The Balaban J connectivity index is 1.56. The number of rotatable bonds is 5. The first-order valence-electron chi connectivity index (χ1n) is 8.04. The summed E-state index contributed by atoms with van der Waals surface area (Å²) in [7, 11) is 0. The van der Waals surface area contributed by atoms with Crippen molar-refractivity contribution >= 4 is 23.4 Å². The van der Waals surface area contributed by atoms with Gasteiger partial charge in [0.2, 0.25) is 5.91 Å². The van der Waals surface area contributed by atoms with E-state index in [1.165, 1.54) is 12.3 Å². The molecule has 0 unspecified atom stereocenters. The van der Waals surface area contributed by atoms with Gasteiger partial charge in [-0.25, -0.2) is 0 Å². The van der Waals surface area contributed by atoms with Crippen molar-refractivity contribution in [3.63, 3.8) is 0 Å². The molecule has 0 bridgehead atoms. The SMILES string of the molecule is O=C(N[C@H]1CC(=O)N(CCc2cccc(Cl)c2)C1)c1ccc[nH]c1=O. The maximum Gasteiger partial charge on any atom is 0.260 e. The van der Waals surface area contributed by atoms with E-state index in [-0.39, 0.29) is 23.9 Å². The summed E-state index contributed by atoms with van der Waals surface area (Å²) < 4.78 is 0. The van der Waals surface area contributed by atoms with Gasteiger partial charge in [0.05, 0.1) is 6.04 Å². The fourth-order valence-corrected chi connectivity index (χ4v) is 3.12. The van der Waals surface area contributed by atoms with Gasteiger partial charge in [-0.2, -0.15) is 0 Å². The maximum absolute atomic E-state index is 12.2. The molecular formula is C18H18ClN3O3. The lowest BCUT2D eigenvalue weighted by Gasteiger charge is -2.17. The van der Waals surface area contributed by atoms with Gasteiger partial charge in [-0.05, 0) is 36.2 Å². The standard InChI is InChI=1S/C18H18ClN3O3/c19-13-4-1-3-12(9-13)6-8-22-11-14(10-16(22)23)21-18(25)15-5-2-7-20-17(15)24/h1-5,7,9,14H,6,8,10-11H2,(H,20,24)(H,21,25)/t14-/m0/s1. The molecule has 0 saturated carbocycles. The Bertz CT molecular complexity index is 849. The average molecular weight is 360 g/mol. The van der Waals surface area contributed by atoms with E-state index in [4.69, 9.17) is 11.6 Å².